The number of hydrogen-bond donors (Lipinski definition) is 0. The minimum atomic E-state index is 0.0520. The molecule has 0 aliphatic carbocycles. The summed E-state index contributed by atoms with van der Waals surface area (Å²) < 4.78 is 1.82. The molecule has 0 aliphatic heterocycles. The van der Waals surface area contributed by atoms with Gasteiger partial charge in [-0.3, -0.25) is 9.20 Å². The van der Waals surface area contributed by atoms with E-state index in [4.69, 9.17) is 0 Å². The molecular weight excluding hydrogens is 164 g/mol. The number of carbonyl (C=O) groups is 1. The highest BCUT2D eigenvalue weighted by atomic mass is 16.1. The average Bonchev–Trinajstić information content (AvgIpc) is 2.39. The standard InChI is InChI=1S/C10H10N2O/c1-7-10(8(2)13)12-6-4-3-5-9(12)11-7/h3-6H,1-2H3. The minimum absolute atomic E-state index is 0.0520. The number of nitrogens with zero attached hydrogens (tertiary/aromatic N) is 2. The van der Waals surface area contributed by atoms with Gasteiger partial charge in [-0.05, 0) is 19.1 Å². The van der Waals surface area contributed by atoms with E-state index in [9.17, 15) is 4.79 Å². The van der Waals surface area contributed by atoms with Gasteiger partial charge in [0, 0.05) is 13.1 Å². The average molecular weight is 174 g/mol. The van der Waals surface area contributed by atoms with Gasteiger partial charge < -0.3 is 0 Å². The molecule has 66 valence electrons. The van der Waals surface area contributed by atoms with E-state index in [1.54, 1.807) is 6.92 Å². The Balaban J connectivity index is 2.86. The van der Waals surface area contributed by atoms with Crippen LogP contribution in [0.4, 0.5) is 0 Å². The summed E-state index contributed by atoms with van der Waals surface area (Å²) in [4.78, 5) is 15.6. The van der Waals surface area contributed by atoms with Gasteiger partial charge in [-0.15, -0.1) is 0 Å². The summed E-state index contributed by atoms with van der Waals surface area (Å²) in [5.74, 6) is 0.0520. The summed E-state index contributed by atoms with van der Waals surface area (Å²) in [7, 11) is 0. The van der Waals surface area contributed by atoms with Crippen molar-refractivity contribution in [1.82, 2.24) is 9.38 Å². The van der Waals surface area contributed by atoms with Crippen LogP contribution in [0.1, 0.15) is 23.1 Å². The third kappa shape index (κ3) is 1.13. The maximum absolute atomic E-state index is 11.3. The molecule has 2 aromatic heterocycles. The van der Waals surface area contributed by atoms with Crippen molar-refractivity contribution in [2.24, 2.45) is 0 Å². The smallest absolute Gasteiger partial charge is 0.178 e. The van der Waals surface area contributed by atoms with Crippen molar-refractivity contribution in [1.29, 1.82) is 0 Å². The van der Waals surface area contributed by atoms with E-state index in [-0.39, 0.29) is 5.78 Å². The minimum Gasteiger partial charge on any atom is -0.297 e. The van der Waals surface area contributed by atoms with Crippen LogP contribution in [-0.4, -0.2) is 15.2 Å². The quantitative estimate of drug-likeness (QED) is 0.618. The molecule has 0 saturated heterocycles. The molecule has 0 saturated carbocycles. The number of imidazole rings is 1. The van der Waals surface area contributed by atoms with Gasteiger partial charge in [-0.25, -0.2) is 4.98 Å². The third-order valence-corrected chi connectivity index (χ3v) is 2.04. The van der Waals surface area contributed by atoms with Gasteiger partial charge in [0.25, 0.3) is 0 Å². The van der Waals surface area contributed by atoms with E-state index in [2.05, 4.69) is 4.98 Å². The van der Waals surface area contributed by atoms with Crippen molar-refractivity contribution in [3.05, 3.63) is 35.8 Å². The Hall–Kier alpha value is -1.64. The van der Waals surface area contributed by atoms with E-state index < -0.39 is 0 Å². The number of hydrogen-bond acceptors (Lipinski definition) is 2. The third-order valence-electron chi connectivity index (χ3n) is 2.04. The van der Waals surface area contributed by atoms with E-state index >= 15 is 0 Å². The van der Waals surface area contributed by atoms with Crippen LogP contribution >= 0.6 is 0 Å². The van der Waals surface area contributed by atoms with Crippen molar-refractivity contribution in [3.8, 4) is 0 Å². The van der Waals surface area contributed by atoms with Gasteiger partial charge in [0.15, 0.2) is 5.78 Å². The zero-order valence-electron chi connectivity index (χ0n) is 7.61. The van der Waals surface area contributed by atoms with Crippen LogP contribution in [0.15, 0.2) is 24.4 Å². The SMILES string of the molecule is CC(=O)c1c(C)nc2ccccn12. The number of aromatic nitrogens is 2. The fraction of sp³-hybridized carbons (Fsp3) is 0.200. The number of Topliss-reactive ketones (excluding diaryl/α,β-unsaturated/α-hetero) is 1. The lowest BCUT2D eigenvalue weighted by Crippen LogP contribution is -1.99. The Morgan fingerprint density at radius 3 is 2.92 bits per heavy atom. The van der Waals surface area contributed by atoms with Crippen molar-refractivity contribution in [2.75, 3.05) is 0 Å². The highest BCUT2D eigenvalue weighted by molar-refractivity contribution is 5.94. The molecule has 0 N–H and O–H groups in total. The van der Waals surface area contributed by atoms with Crippen molar-refractivity contribution in [3.63, 3.8) is 0 Å². The first-order valence-corrected chi connectivity index (χ1v) is 4.15. The second kappa shape index (κ2) is 2.69. The maximum atomic E-state index is 11.3. The molecule has 0 atom stereocenters. The van der Waals surface area contributed by atoms with Gasteiger partial charge in [0.2, 0.25) is 0 Å². The van der Waals surface area contributed by atoms with Crippen LogP contribution in [0.3, 0.4) is 0 Å². The van der Waals surface area contributed by atoms with Crippen molar-refractivity contribution < 1.29 is 4.79 Å². The molecular formula is C10H10N2O. The summed E-state index contributed by atoms with van der Waals surface area (Å²) in [6.45, 7) is 3.41. The van der Waals surface area contributed by atoms with Crippen LogP contribution in [0, 0.1) is 6.92 Å². The van der Waals surface area contributed by atoms with Gasteiger partial charge >= 0.3 is 0 Å². The lowest BCUT2D eigenvalue weighted by Gasteiger charge is -1.96. The molecule has 3 nitrogen and oxygen atoms in total. The normalized spacial score (nSPS) is 10.6. The van der Waals surface area contributed by atoms with Gasteiger partial charge in [-0.1, -0.05) is 6.07 Å². The van der Waals surface area contributed by atoms with Gasteiger partial charge in [0.05, 0.1) is 5.69 Å². The summed E-state index contributed by atoms with van der Waals surface area (Å²) in [5, 5.41) is 0. The predicted molar refractivity (Wildman–Crippen MR) is 49.9 cm³/mol. The number of fused-ring (bicyclic) bond motifs is 1. The molecule has 0 spiro atoms. The Morgan fingerprint density at radius 1 is 1.46 bits per heavy atom. The molecule has 2 heterocycles. The number of aryl methyl sites for hydroxylation is 1. The predicted octanol–water partition coefficient (Wildman–Crippen LogP) is 1.85. The molecule has 0 amide bonds. The first kappa shape index (κ1) is 7.98. The Bertz CT molecular complexity index is 471. The first-order chi connectivity index (χ1) is 6.20. The first-order valence-electron chi connectivity index (χ1n) is 4.15. The van der Waals surface area contributed by atoms with Crippen LogP contribution in [0.5, 0.6) is 0 Å². The molecule has 2 aromatic rings. The number of rotatable bonds is 1. The lowest BCUT2D eigenvalue weighted by molar-refractivity contribution is 0.101. The molecule has 0 aliphatic rings. The molecule has 0 bridgehead atoms. The van der Waals surface area contributed by atoms with E-state index in [1.165, 1.54) is 0 Å². The second-order valence-electron chi connectivity index (χ2n) is 3.03. The molecule has 0 aromatic carbocycles. The summed E-state index contributed by atoms with van der Waals surface area (Å²) >= 11 is 0. The number of pyridine rings is 1. The van der Waals surface area contributed by atoms with Gasteiger partial charge in [-0.2, -0.15) is 0 Å². The van der Waals surface area contributed by atoms with E-state index in [1.807, 2.05) is 35.7 Å². The molecule has 13 heavy (non-hydrogen) atoms. The zero-order chi connectivity index (χ0) is 9.42. The summed E-state index contributed by atoms with van der Waals surface area (Å²) in [6, 6.07) is 5.69. The largest absolute Gasteiger partial charge is 0.297 e. The summed E-state index contributed by atoms with van der Waals surface area (Å²) in [5.41, 5.74) is 2.29. The molecule has 2 rings (SSSR count). The molecule has 0 fully saturated rings. The van der Waals surface area contributed by atoms with Crippen molar-refractivity contribution >= 4 is 11.4 Å². The van der Waals surface area contributed by atoms with Crippen LogP contribution in [0.2, 0.25) is 0 Å². The topological polar surface area (TPSA) is 34.4 Å². The Morgan fingerprint density at radius 2 is 2.23 bits per heavy atom. The summed E-state index contributed by atoms with van der Waals surface area (Å²) in [6.07, 6.45) is 1.85. The van der Waals surface area contributed by atoms with Crippen LogP contribution < -0.4 is 0 Å². The molecule has 0 radical (unpaired) electrons. The van der Waals surface area contributed by atoms with E-state index in [0.29, 0.717) is 5.69 Å². The fourth-order valence-electron chi connectivity index (χ4n) is 1.54. The Labute approximate surface area is 76.0 Å². The monoisotopic (exact) mass is 174 g/mol. The highest BCUT2D eigenvalue weighted by Gasteiger charge is 2.11. The lowest BCUT2D eigenvalue weighted by atomic mass is 10.2. The Kier molecular flexibility index (Phi) is 1.65. The zero-order valence-corrected chi connectivity index (χ0v) is 7.61. The van der Waals surface area contributed by atoms with E-state index in [0.717, 1.165) is 11.3 Å². The molecule has 3 heteroatoms. The maximum Gasteiger partial charge on any atom is 0.178 e. The second-order valence-corrected chi connectivity index (χ2v) is 3.03. The molecule has 0 unspecified atom stereocenters. The van der Waals surface area contributed by atoms with Crippen LogP contribution in [-0.2, 0) is 0 Å². The fourth-order valence-corrected chi connectivity index (χ4v) is 1.54. The number of carbonyl (C=O) groups excluding carboxylic acids is 1. The van der Waals surface area contributed by atoms with Crippen molar-refractivity contribution in [2.45, 2.75) is 13.8 Å². The van der Waals surface area contributed by atoms with Crippen LogP contribution in [0.25, 0.3) is 5.65 Å². The highest BCUT2D eigenvalue weighted by Crippen LogP contribution is 2.11. The van der Waals surface area contributed by atoms with Gasteiger partial charge in [0.1, 0.15) is 11.3 Å². The number of ketones is 1.